The minimum absolute atomic E-state index is 0.563. The minimum atomic E-state index is 0.563. The molecule has 0 aliphatic heterocycles. The van der Waals surface area contributed by atoms with E-state index in [1.54, 1.807) is 25.6 Å². The number of nitrogens with one attached hydrogen (secondary N) is 1. The number of hydrogen-bond acceptors (Lipinski definition) is 4. The van der Waals surface area contributed by atoms with E-state index >= 15 is 0 Å². The summed E-state index contributed by atoms with van der Waals surface area (Å²) in [6, 6.07) is 11.8. The first kappa shape index (κ1) is 14.0. The lowest BCUT2D eigenvalue weighted by Crippen LogP contribution is -2.16. The molecule has 0 saturated carbocycles. The fourth-order valence-electron chi connectivity index (χ4n) is 1.95. The molecule has 0 spiro atoms. The fraction of sp³-hybridized carbons (Fsp3) is 0.250. The van der Waals surface area contributed by atoms with Gasteiger partial charge >= 0.3 is 0 Å². The van der Waals surface area contributed by atoms with Gasteiger partial charge in [0.15, 0.2) is 0 Å². The number of aromatic nitrogens is 1. The van der Waals surface area contributed by atoms with Crippen LogP contribution in [0.2, 0.25) is 0 Å². The molecule has 1 aromatic carbocycles. The van der Waals surface area contributed by atoms with Gasteiger partial charge in [-0.25, -0.2) is 0 Å². The zero-order chi connectivity index (χ0) is 14.2. The third-order valence-electron chi connectivity index (χ3n) is 3.06. The molecule has 1 N–H and O–H groups in total. The molecular formula is C16H17N3O. The lowest BCUT2D eigenvalue weighted by atomic mass is 10.1. The summed E-state index contributed by atoms with van der Waals surface area (Å²) < 4.78 is 5.20. The maximum atomic E-state index is 8.93. The number of ether oxygens (including phenoxy) is 1. The largest absolute Gasteiger partial charge is 0.495 e. The Labute approximate surface area is 119 Å². The number of pyridine rings is 1. The van der Waals surface area contributed by atoms with Gasteiger partial charge in [0.2, 0.25) is 0 Å². The number of hydrogen-bond donors (Lipinski definition) is 1. The number of rotatable bonds is 6. The van der Waals surface area contributed by atoms with E-state index in [0.29, 0.717) is 11.3 Å². The number of nitriles is 1. The molecule has 0 radical (unpaired) electrons. The monoisotopic (exact) mass is 267 g/mol. The molecule has 20 heavy (non-hydrogen) atoms. The number of benzene rings is 1. The van der Waals surface area contributed by atoms with Crippen molar-refractivity contribution in [1.29, 1.82) is 5.26 Å². The lowest BCUT2D eigenvalue weighted by Gasteiger charge is -2.08. The third-order valence-corrected chi connectivity index (χ3v) is 3.06. The van der Waals surface area contributed by atoms with Crippen LogP contribution in [-0.4, -0.2) is 18.6 Å². The second kappa shape index (κ2) is 7.27. The van der Waals surface area contributed by atoms with Crippen molar-refractivity contribution < 1.29 is 4.74 Å². The van der Waals surface area contributed by atoms with E-state index in [-0.39, 0.29) is 0 Å². The zero-order valence-electron chi connectivity index (χ0n) is 11.5. The van der Waals surface area contributed by atoms with Crippen LogP contribution in [0.4, 0.5) is 0 Å². The van der Waals surface area contributed by atoms with E-state index in [1.807, 2.05) is 24.3 Å². The van der Waals surface area contributed by atoms with Crippen molar-refractivity contribution in [3.63, 3.8) is 0 Å². The molecule has 1 aromatic heterocycles. The van der Waals surface area contributed by atoms with Gasteiger partial charge in [-0.2, -0.15) is 5.26 Å². The third kappa shape index (κ3) is 3.81. The van der Waals surface area contributed by atoms with Gasteiger partial charge in [-0.1, -0.05) is 6.07 Å². The molecule has 4 nitrogen and oxygen atoms in total. The van der Waals surface area contributed by atoms with E-state index in [1.165, 1.54) is 5.56 Å². The predicted molar refractivity (Wildman–Crippen MR) is 77.4 cm³/mol. The van der Waals surface area contributed by atoms with Gasteiger partial charge < -0.3 is 10.1 Å². The molecule has 1 heterocycles. The molecule has 2 rings (SSSR count). The van der Waals surface area contributed by atoms with Crippen LogP contribution in [0.1, 0.15) is 16.7 Å². The van der Waals surface area contributed by atoms with Crippen molar-refractivity contribution in [3.05, 3.63) is 59.4 Å². The SMILES string of the molecule is COc1cc(CNCCc2ccncc2)ccc1C#N. The number of methoxy groups -OCH3 is 1. The Balaban J connectivity index is 1.84. The summed E-state index contributed by atoms with van der Waals surface area (Å²) in [6.07, 6.45) is 4.58. The lowest BCUT2D eigenvalue weighted by molar-refractivity contribution is 0.412. The molecule has 0 amide bonds. The van der Waals surface area contributed by atoms with Crippen molar-refractivity contribution in [2.24, 2.45) is 0 Å². The maximum Gasteiger partial charge on any atom is 0.136 e. The molecule has 2 aromatic rings. The molecule has 0 unspecified atom stereocenters. The topological polar surface area (TPSA) is 57.9 Å². The summed E-state index contributed by atoms with van der Waals surface area (Å²) in [6.45, 7) is 1.65. The second-order valence-corrected chi connectivity index (χ2v) is 4.43. The molecule has 0 fully saturated rings. The molecule has 0 atom stereocenters. The average molecular weight is 267 g/mol. The quantitative estimate of drug-likeness (QED) is 0.816. The van der Waals surface area contributed by atoms with Crippen molar-refractivity contribution in [3.8, 4) is 11.8 Å². The zero-order valence-corrected chi connectivity index (χ0v) is 11.5. The predicted octanol–water partition coefficient (Wildman–Crippen LogP) is 2.29. The van der Waals surface area contributed by atoms with Crippen LogP contribution in [0.3, 0.4) is 0 Å². The van der Waals surface area contributed by atoms with Gasteiger partial charge in [0.25, 0.3) is 0 Å². The highest BCUT2D eigenvalue weighted by Crippen LogP contribution is 2.19. The highest BCUT2D eigenvalue weighted by molar-refractivity contribution is 5.45. The van der Waals surface area contributed by atoms with E-state index in [0.717, 1.165) is 25.1 Å². The minimum Gasteiger partial charge on any atom is -0.495 e. The van der Waals surface area contributed by atoms with Crippen LogP contribution in [0.5, 0.6) is 5.75 Å². The van der Waals surface area contributed by atoms with Crippen LogP contribution < -0.4 is 10.1 Å². The summed E-state index contributed by atoms with van der Waals surface area (Å²) in [5, 5.41) is 12.3. The first-order valence-electron chi connectivity index (χ1n) is 6.50. The van der Waals surface area contributed by atoms with Crippen molar-refractivity contribution in [2.75, 3.05) is 13.7 Å². The van der Waals surface area contributed by atoms with Crippen molar-refractivity contribution in [1.82, 2.24) is 10.3 Å². The van der Waals surface area contributed by atoms with Crippen LogP contribution in [0.15, 0.2) is 42.7 Å². The van der Waals surface area contributed by atoms with Crippen LogP contribution in [0.25, 0.3) is 0 Å². The Morgan fingerprint density at radius 2 is 2.00 bits per heavy atom. The summed E-state index contributed by atoms with van der Waals surface area (Å²) >= 11 is 0. The van der Waals surface area contributed by atoms with E-state index in [4.69, 9.17) is 10.00 Å². The normalized spacial score (nSPS) is 10.0. The maximum absolute atomic E-state index is 8.93. The van der Waals surface area contributed by atoms with Gasteiger partial charge in [-0.15, -0.1) is 0 Å². The molecule has 0 bridgehead atoms. The van der Waals surface area contributed by atoms with Gasteiger partial charge in [-0.3, -0.25) is 4.98 Å². The standard InChI is InChI=1S/C16H17N3O/c1-20-16-10-14(2-3-15(16)11-17)12-19-9-6-13-4-7-18-8-5-13/h2-5,7-8,10,19H,6,9,12H2,1H3. The summed E-state index contributed by atoms with van der Waals surface area (Å²) in [5.74, 6) is 0.626. The summed E-state index contributed by atoms with van der Waals surface area (Å²) in [4.78, 5) is 4.00. The first-order valence-corrected chi connectivity index (χ1v) is 6.50. The fourth-order valence-corrected chi connectivity index (χ4v) is 1.95. The van der Waals surface area contributed by atoms with Gasteiger partial charge in [0.1, 0.15) is 11.8 Å². The Kier molecular flexibility index (Phi) is 5.10. The first-order chi connectivity index (χ1) is 9.83. The Morgan fingerprint density at radius 3 is 2.70 bits per heavy atom. The molecule has 102 valence electrons. The number of nitrogens with zero attached hydrogens (tertiary/aromatic N) is 2. The Hall–Kier alpha value is -2.38. The van der Waals surface area contributed by atoms with Gasteiger partial charge in [0, 0.05) is 18.9 Å². The summed E-state index contributed by atoms with van der Waals surface area (Å²) in [7, 11) is 1.58. The highest BCUT2D eigenvalue weighted by Gasteiger charge is 2.03. The summed E-state index contributed by atoms with van der Waals surface area (Å²) in [5.41, 5.74) is 2.94. The van der Waals surface area contributed by atoms with Crippen LogP contribution in [0, 0.1) is 11.3 Å². The van der Waals surface area contributed by atoms with Crippen LogP contribution >= 0.6 is 0 Å². The Bertz CT molecular complexity index is 590. The smallest absolute Gasteiger partial charge is 0.136 e. The molecule has 4 heteroatoms. The Morgan fingerprint density at radius 1 is 1.20 bits per heavy atom. The van der Waals surface area contributed by atoms with Crippen molar-refractivity contribution >= 4 is 0 Å². The van der Waals surface area contributed by atoms with E-state index in [9.17, 15) is 0 Å². The van der Waals surface area contributed by atoms with E-state index in [2.05, 4.69) is 16.4 Å². The van der Waals surface area contributed by atoms with Gasteiger partial charge in [-0.05, 0) is 48.4 Å². The van der Waals surface area contributed by atoms with Crippen molar-refractivity contribution in [2.45, 2.75) is 13.0 Å². The highest BCUT2D eigenvalue weighted by atomic mass is 16.5. The average Bonchev–Trinajstić information content (AvgIpc) is 2.52. The molecule has 0 aliphatic rings. The molecule has 0 aliphatic carbocycles. The second-order valence-electron chi connectivity index (χ2n) is 4.43. The van der Waals surface area contributed by atoms with Gasteiger partial charge in [0.05, 0.1) is 12.7 Å². The van der Waals surface area contributed by atoms with E-state index < -0.39 is 0 Å². The molecule has 0 saturated heterocycles. The molecular weight excluding hydrogens is 250 g/mol. The van der Waals surface area contributed by atoms with Crippen LogP contribution in [-0.2, 0) is 13.0 Å².